The van der Waals surface area contributed by atoms with Crippen LogP contribution >= 0.6 is 0 Å². The summed E-state index contributed by atoms with van der Waals surface area (Å²) in [5.74, 6) is -0.395. The number of ether oxygens (including phenoxy) is 1. The molecule has 2 aliphatic rings. The zero-order valence-electron chi connectivity index (χ0n) is 19.8. The molecule has 0 spiro atoms. The van der Waals surface area contributed by atoms with Gasteiger partial charge >= 0.3 is 6.09 Å². The highest BCUT2D eigenvalue weighted by atomic mass is 16.6. The number of benzene rings is 2. The molecule has 0 aliphatic carbocycles. The van der Waals surface area contributed by atoms with Gasteiger partial charge in [0, 0.05) is 25.7 Å². The fourth-order valence-electron chi connectivity index (χ4n) is 4.62. The molecule has 2 fully saturated rings. The fraction of sp³-hybridized carbons (Fsp3) is 0.423. The number of likely N-dealkylation sites (tertiary alicyclic amines) is 1. The van der Waals surface area contributed by atoms with Crippen LogP contribution in [-0.2, 0) is 20.9 Å². The van der Waals surface area contributed by atoms with E-state index in [1.165, 1.54) is 24.7 Å². The lowest BCUT2D eigenvalue weighted by atomic mass is 10.00. The van der Waals surface area contributed by atoms with E-state index in [9.17, 15) is 14.4 Å². The molecule has 2 N–H and O–H groups in total. The number of rotatable bonds is 8. The minimum atomic E-state index is -0.793. The van der Waals surface area contributed by atoms with Crippen LogP contribution < -0.4 is 10.6 Å². The first-order valence-corrected chi connectivity index (χ1v) is 11.8. The molecule has 2 heterocycles. The van der Waals surface area contributed by atoms with Crippen LogP contribution in [0.15, 0.2) is 48.5 Å². The predicted octanol–water partition coefficient (Wildman–Crippen LogP) is 3.23. The van der Waals surface area contributed by atoms with Crippen molar-refractivity contribution < 1.29 is 19.1 Å². The number of cyclic esters (lactones) is 1. The van der Waals surface area contributed by atoms with Gasteiger partial charge in [0.15, 0.2) is 12.1 Å². The summed E-state index contributed by atoms with van der Waals surface area (Å²) in [7, 11) is 0. The van der Waals surface area contributed by atoms with Crippen molar-refractivity contribution in [3.63, 3.8) is 0 Å². The van der Waals surface area contributed by atoms with E-state index in [1.54, 1.807) is 24.3 Å². The van der Waals surface area contributed by atoms with E-state index in [0.717, 1.165) is 30.8 Å². The molecule has 180 valence electrons. The van der Waals surface area contributed by atoms with E-state index < -0.39 is 18.2 Å². The van der Waals surface area contributed by atoms with E-state index in [0.29, 0.717) is 17.8 Å². The zero-order chi connectivity index (χ0) is 24.1. The lowest BCUT2D eigenvalue weighted by Crippen LogP contribution is -2.47. The Kier molecular flexibility index (Phi) is 7.47. The van der Waals surface area contributed by atoms with Gasteiger partial charge in [-0.15, -0.1) is 0 Å². The Morgan fingerprint density at radius 3 is 2.50 bits per heavy atom. The third kappa shape index (κ3) is 5.75. The monoisotopic (exact) mass is 464 g/mol. The second-order valence-electron chi connectivity index (χ2n) is 9.01. The molecule has 0 saturated carbocycles. The molecule has 34 heavy (non-hydrogen) atoms. The van der Waals surface area contributed by atoms with Gasteiger partial charge < -0.3 is 20.3 Å². The minimum Gasteiger partial charge on any atom is -0.438 e. The second-order valence-corrected chi connectivity index (χ2v) is 9.01. The van der Waals surface area contributed by atoms with Crippen LogP contribution in [0.25, 0.3) is 0 Å². The Morgan fingerprint density at radius 2 is 1.82 bits per heavy atom. The first-order valence-electron chi connectivity index (χ1n) is 11.8. The molecular weight excluding hydrogens is 432 g/mol. The molecule has 3 amide bonds. The topological polar surface area (TPSA) is 91.0 Å². The van der Waals surface area contributed by atoms with E-state index in [2.05, 4.69) is 15.5 Å². The molecule has 8 nitrogen and oxygen atoms in total. The molecule has 0 aromatic heterocycles. The summed E-state index contributed by atoms with van der Waals surface area (Å²) >= 11 is 0. The van der Waals surface area contributed by atoms with Crippen molar-refractivity contribution in [2.45, 2.75) is 45.4 Å². The van der Waals surface area contributed by atoms with Crippen LogP contribution in [0.3, 0.4) is 0 Å². The number of nitrogens with zero attached hydrogens (tertiary/aromatic N) is 2. The van der Waals surface area contributed by atoms with Crippen LogP contribution in [0.1, 0.15) is 42.6 Å². The summed E-state index contributed by atoms with van der Waals surface area (Å²) in [5.41, 5.74) is 3.37. The third-order valence-corrected chi connectivity index (χ3v) is 6.27. The molecular formula is C26H32N4O4. The van der Waals surface area contributed by atoms with Crippen molar-refractivity contribution in [3.05, 3.63) is 65.2 Å². The Balaban J connectivity index is 1.53. The molecule has 0 bridgehead atoms. The summed E-state index contributed by atoms with van der Waals surface area (Å²) < 4.78 is 5.73. The van der Waals surface area contributed by atoms with Crippen molar-refractivity contribution >= 4 is 23.6 Å². The number of nitrogens with one attached hydrogen (secondary N) is 2. The number of carbonyl (C=O) groups excluding carboxylic acids is 3. The van der Waals surface area contributed by atoms with Gasteiger partial charge in [0.25, 0.3) is 0 Å². The van der Waals surface area contributed by atoms with E-state index in [1.807, 2.05) is 31.2 Å². The van der Waals surface area contributed by atoms with Gasteiger partial charge in [0.2, 0.25) is 11.8 Å². The summed E-state index contributed by atoms with van der Waals surface area (Å²) in [5, 5.41) is 5.75. The molecule has 2 aliphatic heterocycles. The number of anilines is 1. The van der Waals surface area contributed by atoms with Gasteiger partial charge in [-0.25, -0.2) is 4.79 Å². The average molecular weight is 465 g/mol. The highest BCUT2D eigenvalue weighted by molar-refractivity contribution is 5.90. The number of carbonyl (C=O) groups is 3. The maximum Gasteiger partial charge on any atom is 0.411 e. The number of amides is 3. The molecule has 0 radical (unpaired) electrons. The maximum absolute atomic E-state index is 13.4. The predicted molar refractivity (Wildman–Crippen MR) is 129 cm³/mol. The van der Waals surface area contributed by atoms with Crippen LogP contribution in [0, 0.1) is 6.92 Å². The first kappa shape index (κ1) is 23.8. The van der Waals surface area contributed by atoms with Gasteiger partial charge in [-0.3, -0.25) is 14.5 Å². The number of hydrogen-bond acceptors (Lipinski definition) is 5. The lowest BCUT2D eigenvalue weighted by Gasteiger charge is -2.25. The summed E-state index contributed by atoms with van der Waals surface area (Å²) in [6.45, 7) is 7.15. The number of aryl methyl sites for hydroxylation is 1. The van der Waals surface area contributed by atoms with Crippen molar-refractivity contribution in [2.24, 2.45) is 0 Å². The van der Waals surface area contributed by atoms with Crippen molar-refractivity contribution in [2.75, 3.05) is 31.5 Å². The highest BCUT2D eigenvalue weighted by Crippen LogP contribution is 2.34. The molecule has 2 unspecified atom stereocenters. The van der Waals surface area contributed by atoms with Crippen molar-refractivity contribution in [1.82, 2.24) is 15.1 Å². The SMILES string of the molecule is CC(=O)Nc1ccc(C2OC(=O)N(Cc3cccc(C)c3)C2C(=O)NCCN2CCCC2)cc1. The fourth-order valence-corrected chi connectivity index (χ4v) is 4.62. The van der Waals surface area contributed by atoms with Crippen LogP contribution in [-0.4, -0.2) is 59.9 Å². The van der Waals surface area contributed by atoms with Gasteiger partial charge in [-0.1, -0.05) is 42.0 Å². The second kappa shape index (κ2) is 10.7. The van der Waals surface area contributed by atoms with Crippen LogP contribution in [0.2, 0.25) is 0 Å². The quantitative estimate of drug-likeness (QED) is 0.626. The van der Waals surface area contributed by atoms with E-state index in [-0.39, 0.29) is 18.4 Å². The van der Waals surface area contributed by atoms with Gasteiger partial charge in [-0.05, 0) is 56.1 Å². The molecule has 2 aromatic rings. The smallest absolute Gasteiger partial charge is 0.411 e. The Bertz CT molecular complexity index is 1030. The standard InChI is InChI=1S/C26H32N4O4/c1-18-6-5-7-20(16-18)17-30-23(25(32)27-12-15-29-13-3-4-14-29)24(34-26(30)33)21-8-10-22(11-9-21)28-19(2)31/h5-11,16,23-24H,3-4,12-15,17H2,1-2H3,(H,27,32)(H,28,31). The Morgan fingerprint density at radius 1 is 1.09 bits per heavy atom. The maximum atomic E-state index is 13.4. The van der Waals surface area contributed by atoms with E-state index in [4.69, 9.17) is 4.74 Å². The molecule has 2 saturated heterocycles. The van der Waals surface area contributed by atoms with E-state index >= 15 is 0 Å². The molecule has 8 heteroatoms. The van der Waals surface area contributed by atoms with Gasteiger partial charge in [0.1, 0.15) is 0 Å². The zero-order valence-corrected chi connectivity index (χ0v) is 19.8. The van der Waals surface area contributed by atoms with Crippen LogP contribution in [0.4, 0.5) is 10.5 Å². The third-order valence-electron chi connectivity index (χ3n) is 6.27. The molecule has 4 rings (SSSR count). The summed E-state index contributed by atoms with van der Waals surface area (Å²) in [6.07, 6.45) is 1.13. The highest BCUT2D eigenvalue weighted by Gasteiger charge is 2.46. The normalized spacial score (nSPS) is 20.3. The van der Waals surface area contributed by atoms with Crippen molar-refractivity contribution in [1.29, 1.82) is 0 Å². The number of hydrogen-bond donors (Lipinski definition) is 2. The summed E-state index contributed by atoms with van der Waals surface area (Å²) in [6, 6.07) is 14.1. The lowest BCUT2D eigenvalue weighted by molar-refractivity contribution is -0.126. The van der Waals surface area contributed by atoms with Gasteiger partial charge in [0.05, 0.1) is 6.54 Å². The van der Waals surface area contributed by atoms with Crippen LogP contribution in [0.5, 0.6) is 0 Å². The summed E-state index contributed by atoms with van der Waals surface area (Å²) in [4.78, 5) is 41.5. The van der Waals surface area contributed by atoms with Gasteiger partial charge in [-0.2, -0.15) is 0 Å². The largest absolute Gasteiger partial charge is 0.438 e. The van der Waals surface area contributed by atoms with Crippen molar-refractivity contribution in [3.8, 4) is 0 Å². The molecule has 2 atom stereocenters. The first-order chi connectivity index (χ1) is 16.4. The molecule has 2 aromatic carbocycles. The Labute approximate surface area is 200 Å². The average Bonchev–Trinajstić information content (AvgIpc) is 3.42. The Hall–Kier alpha value is -3.39. The minimum absolute atomic E-state index is 0.167.